The summed E-state index contributed by atoms with van der Waals surface area (Å²) < 4.78 is 1.87. The zero-order valence-electron chi connectivity index (χ0n) is 11.2. The van der Waals surface area contributed by atoms with Gasteiger partial charge in [-0.15, -0.1) is 0 Å². The van der Waals surface area contributed by atoms with Crippen molar-refractivity contribution >= 4 is 0 Å². The fraction of sp³-hybridized carbons (Fsp3) is 0.167. The van der Waals surface area contributed by atoms with Crippen molar-refractivity contribution in [3.8, 4) is 16.8 Å². The minimum Gasteiger partial charge on any atom is -0.241 e. The fourth-order valence-electron chi connectivity index (χ4n) is 2.59. The van der Waals surface area contributed by atoms with Gasteiger partial charge >= 0.3 is 0 Å². The van der Waals surface area contributed by atoms with Crippen LogP contribution in [0.3, 0.4) is 0 Å². The summed E-state index contributed by atoms with van der Waals surface area (Å²) in [6.45, 7) is 0. The maximum absolute atomic E-state index is 4.24. The average molecular weight is 260 g/mol. The molecule has 2 heteroatoms. The van der Waals surface area contributed by atoms with Crippen molar-refractivity contribution in [1.82, 2.24) is 9.78 Å². The molecule has 0 aliphatic heterocycles. The Morgan fingerprint density at radius 3 is 2.05 bits per heavy atom. The maximum Gasteiger partial charge on any atom is 0.0645 e. The summed E-state index contributed by atoms with van der Waals surface area (Å²) in [5.74, 6) is 0.825. The van der Waals surface area contributed by atoms with Gasteiger partial charge in [0.25, 0.3) is 0 Å². The molecule has 0 spiro atoms. The highest BCUT2D eigenvalue weighted by Crippen LogP contribution is 2.40. The lowest BCUT2D eigenvalue weighted by Crippen LogP contribution is -1.93. The SMILES string of the molecule is c1cnn(-c2ccc(-c3ccc(C4CC4)cc3)cc2)c1. The molecule has 4 rings (SSSR count). The number of benzene rings is 2. The minimum atomic E-state index is 0.825. The molecular weight excluding hydrogens is 244 g/mol. The van der Waals surface area contributed by atoms with E-state index in [4.69, 9.17) is 0 Å². The van der Waals surface area contributed by atoms with Gasteiger partial charge in [-0.1, -0.05) is 36.4 Å². The summed E-state index contributed by atoms with van der Waals surface area (Å²) in [5, 5.41) is 4.24. The summed E-state index contributed by atoms with van der Waals surface area (Å²) in [6.07, 6.45) is 6.47. The highest BCUT2D eigenvalue weighted by Gasteiger charge is 2.22. The number of hydrogen-bond acceptors (Lipinski definition) is 1. The zero-order valence-corrected chi connectivity index (χ0v) is 11.2. The third-order valence-electron chi connectivity index (χ3n) is 3.93. The molecule has 1 aromatic heterocycles. The summed E-state index contributed by atoms with van der Waals surface area (Å²) in [4.78, 5) is 0. The van der Waals surface area contributed by atoms with Crippen molar-refractivity contribution in [2.75, 3.05) is 0 Å². The van der Waals surface area contributed by atoms with Gasteiger partial charge in [0, 0.05) is 12.4 Å². The van der Waals surface area contributed by atoms with Crippen molar-refractivity contribution in [3.05, 3.63) is 72.6 Å². The molecule has 0 unspecified atom stereocenters. The Bertz CT molecular complexity index is 690. The molecule has 1 aliphatic rings. The van der Waals surface area contributed by atoms with Gasteiger partial charge in [0.15, 0.2) is 0 Å². The molecule has 0 radical (unpaired) electrons. The molecule has 2 aromatic carbocycles. The third-order valence-corrected chi connectivity index (χ3v) is 3.93. The predicted molar refractivity (Wildman–Crippen MR) is 81.0 cm³/mol. The van der Waals surface area contributed by atoms with Crippen molar-refractivity contribution < 1.29 is 0 Å². The van der Waals surface area contributed by atoms with Crippen LogP contribution < -0.4 is 0 Å². The van der Waals surface area contributed by atoms with E-state index >= 15 is 0 Å². The Balaban J connectivity index is 1.61. The molecule has 3 aromatic rings. The van der Waals surface area contributed by atoms with Crippen LogP contribution in [0.25, 0.3) is 16.8 Å². The molecule has 1 aliphatic carbocycles. The monoisotopic (exact) mass is 260 g/mol. The normalized spacial score (nSPS) is 14.4. The van der Waals surface area contributed by atoms with E-state index in [0.29, 0.717) is 0 Å². The van der Waals surface area contributed by atoms with Gasteiger partial charge in [-0.25, -0.2) is 4.68 Å². The standard InChI is InChI=1S/C18H16N2/c1-12-19-20(13-1)18-10-8-17(9-11-18)16-6-4-15(5-7-16)14-2-3-14/h1,4-14H,2-3H2. The Labute approximate surface area is 118 Å². The van der Waals surface area contributed by atoms with Gasteiger partial charge in [-0.2, -0.15) is 5.10 Å². The molecular formula is C18H16N2. The lowest BCUT2D eigenvalue weighted by molar-refractivity contribution is 0.881. The van der Waals surface area contributed by atoms with Crippen LogP contribution >= 0.6 is 0 Å². The molecule has 1 saturated carbocycles. The van der Waals surface area contributed by atoms with E-state index < -0.39 is 0 Å². The first kappa shape index (κ1) is 11.5. The second-order valence-corrected chi connectivity index (χ2v) is 5.39. The van der Waals surface area contributed by atoms with Crippen molar-refractivity contribution in [1.29, 1.82) is 0 Å². The van der Waals surface area contributed by atoms with E-state index in [1.54, 1.807) is 6.20 Å². The van der Waals surface area contributed by atoms with Crippen LogP contribution in [-0.4, -0.2) is 9.78 Å². The lowest BCUT2D eigenvalue weighted by Gasteiger charge is -2.06. The first-order valence-corrected chi connectivity index (χ1v) is 7.10. The molecule has 98 valence electrons. The molecule has 1 fully saturated rings. The van der Waals surface area contributed by atoms with Crippen LogP contribution in [0.5, 0.6) is 0 Å². The summed E-state index contributed by atoms with van der Waals surface area (Å²) in [6, 6.07) is 19.5. The molecule has 20 heavy (non-hydrogen) atoms. The third kappa shape index (κ3) is 2.14. The molecule has 0 bridgehead atoms. The van der Waals surface area contributed by atoms with Gasteiger partial charge in [-0.05, 0) is 53.6 Å². The molecule has 0 amide bonds. The first-order chi connectivity index (χ1) is 9.90. The smallest absolute Gasteiger partial charge is 0.0645 e. The van der Waals surface area contributed by atoms with Gasteiger partial charge in [0.05, 0.1) is 5.69 Å². The summed E-state index contributed by atoms with van der Waals surface area (Å²) in [7, 11) is 0. The van der Waals surface area contributed by atoms with E-state index in [0.717, 1.165) is 11.6 Å². The number of hydrogen-bond donors (Lipinski definition) is 0. The predicted octanol–water partition coefficient (Wildman–Crippen LogP) is 4.42. The minimum absolute atomic E-state index is 0.825. The molecule has 1 heterocycles. The van der Waals surface area contributed by atoms with E-state index in [2.05, 4.69) is 53.6 Å². The van der Waals surface area contributed by atoms with Crippen LogP contribution in [0.2, 0.25) is 0 Å². The second kappa shape index (κ2) is 4.64. The van der Waals surface area contributed by atoms with Crippen molar-refractivity contribution in [3.63, 3.8) is 0 Å². The van der Waals surface area contributed by atoms with Gasteiger partial charge in [-0.3, -0.25) is 0 Å². The second-order valence-electron chi connectivity index (χ2n) is 5.39. The highest BCUT2D eigenvalue weighted by atomic mass is 15.3. The van der Waals surface area contributed by atoms with Crippen LogP contribution in [0.1, 0.15) is 24.3 Å². The van der Waals surface area contributed by atoms with E-state index in [1.165, 1.54) is 29.5 Å². The van der Waals surface area contributed by atoms with E-state index in [-0.39, 0.29) is 0 Å². The Morgan fingerprint density at radius 1 is 0.850 bits per heavy atom. The number of rotatable bonds is 3. The quantitative estimate of drug-likeness (QED) is 0.681. The fourth-order valence-corrected chi connectivity index (χ4v) is 2.59. The van der Waals surface area contributed by atoms with Crippen LogP contribution in [0, 0.1) is 0 Å². The maximum atomic E-state index is 4.24. The Kier molecular flexibility index (Phi) is 2.66. The molecule has 0 atom stereocenters. The van der Waals surface area contributed by atoms with Crippen molar-refractivity contribution in [2.24, 2.45) is 0 Å². The van der Waals surface area contributed by atoms with Crippen LogP contribution in [0.4, 0.5) is 0 Å². The van der Waals surface area contributed by atoms with Crippen LogP contribution in [-0.2, 0) is 0 Å². The lowest BCUT2D eigenvalue weighted by atomic mass is 10.0. The van der Waals surface area contributed by atoms with Crippen molar-refractivity contribution in [2.45, 2.75) is 18.8 Å². The summed E-state index contributed by atoms with van der Waals surface area (Å²) in [5.41, 5.74) is 5.11. The van der Waals surface area contributed by atoms with Gasteiger partial charge in [0.1, 0.15) is 0 Å². The van der Waals surface area contributed by atoms with Gasteiger partial charge in [0.2, 0.25) is 0 Å². The Hall–Kier alpha value is -2.35. The summed E-state index contributed by atoms with van der Waals surface area (Å²) >= 11 is 0. The molecule has 0 saturated heterocycles. The largest absolute Gasteiger partial charge is 0.241 e. The highest BCUT2D eigenvalue weighted by molar-refractivity contribution is 5.65. The average Bonchev–Trinajstić information content (AvgIpc) is 3.22. The Morgan fingerprint density at radius 2 is 1.50 bits per heavy atom. The number of aromatic nitrogens is 2. The van der Waals surface area contributed by atoms with E-state index in [9.17, 15) is 0 Å². The molecule has 2 nitrogen and oxygen atoms in total. The topological polar surface area (TPSA) is 17.8 Å². The molecule has 0 N–H and O–H groups in total. The number of nitrogens with zero attached hydrogens (tertiary/aromatic N) is 2. The van der Waals surface area contributed by atoms with Crippen LogP contribution in [0.15, 0.2) is 67.0 Å². The van der Waals surface area contributed by atoms with E-state index in [1.807, 2.05) is 16.9 Å². The first-order valence-electron chi connectivity index (χ1n) is 7.10. The van der Waals surface area contributed by atoms with Gasteiger partial charge < -0.3 is 0 Å². The zero-order chi connectivity index (χ0) is 13.4.